The van der Waals surface area contributed by atoms with Crippen LogP contribution in [-0.2, 0) is 6.18 Å². The van der Waals surface area contributed by atoms with Crippen molar-refractivity contribution in [1.82, 2.24) is 5.32 Å². The van der Waals surface area contributed by atoms with Crippen molar-refractivity contribution in [3.8, 4) is 5.75 Å². The van der Waals surface area contributed by atoms with Gasteiger partial charge in [0.1, 0.15) is 5.75 Å². The van der Waals surface area contributed by atoms with Gasteiger partial charge in [-0.3, -0.25) is 0 Å². The van der Waals surface area contributed by atoms with Gasteiger partial charge in [0.05, 0.1) is 16.7 Å². The standard InChI is InChI=1S/C14H19ClF3NO.ClH/c1-3-5-10(8-9-19-2)20-12-7-4-6-11(13(12)15)14(16,17)18;/h4,6-7,10,19H,3,5,8-9H2,1-2H3;1H. The smallest absolute Gasteiger partial charge is 0.417 e. The van der Waals surface area contributed by atoms with Gasteiger partial charge in [-0.1, -0.05) is 31.0 Å². The minimum atomic E-state index is -4.47. The minimum absolute atomic E-state index is 0. The molecule has 0 saturated heterocycles. The van der Waals surface area contributed by atoms with E-state index >= 15 is 0 Å². The van der Waals surface area contributed by atoms with E-state index in [1.165, 1.54) is 12.1 Å². The van der Waals surface area contributed by atoms with Crippen LogP contribution in [0.5, 0.6) is 5.75 Å². The lowest BCUT2D eigenvalue weighted by molar-refractivity contribution is -0.137. The van der Waals surface area contributed by atoms with Crippen molar-refractivity contribution in [2.75, 3.05) is 13.6 Å². The molecule has 21 heavy (non-hydrogen) atoms. The number of hydrogen-bond acceptors (Lipinski definition) is 2. The summed E-state index contributed by atoms with van der Waals surface area (Å²) < 4.78 is 44.0. The van der Waals surface area contributed by atoms with E-state index < -0.39 is 11.7 Å². The molecule has 1 N–H and O–H groups in total. The summed E-state index contributed by atoms with van der Waals surface area (Å²) >= 11 is 5.81. The molecule has 1 aromatic rings. The highest BCUT2D eigenvalue weighted by Crippen LogP contribution is 2.39. The second-order valence-corrected chi connectivity index (χ2v) is 4.91. The summed E-state index contributed by atoms with van der Waals surface area (Å²) in [6.45, 7) is 2.74. The first kappa shape index (κ1) is 20.3. The molecule has 1 unspecified atom stereocenters. The third-order valence-electron chi connectivity index (χ3n) is 2.89. The van der Waals surface area contributed by atoms with Crippen LogP contribution in [0.4, 0.5) is 13.2 Å². The van der Waals surface area contributed by atoms with E-state index in [1.807, 2.05) is 14.0 Å². The molecule has 0 aliphatic carbocycles. The van der Waals surface area contributed by atoms with E-state index in [2.05, 4.69) is 5.32 Å². The van der Waals surface area contributed by atoms with Crippen LogP contribution in [0, 0.1) is 0 Å². The van der Waals surface area contributed by atoms with Crippen LogP contribution in [-0.4, -0.2) is 19.7 Å². The topological polar surface area (TPSA) is 21.3 Å². The van der Waals surface area contributed by atoms with Gasteiger partial charge in [-0.25, -0.2) is 0 Å². The Bertz CT molecular complexity index is 427. The molecule has 122 valence electrons. The molecular weight excluding hydrogens is 326 g/mol. The molecule has 0 bridgehead atoms. The van der Waals surface area contributed by atoms with Gasteiger partial charge >= 0.3 is 6.18 Å². The summed E-state index contributed by atoms with van der Waals surface area (Å²) in [7, 11) is 1.82. The van der Waals surface area contributed by atoms with E-state index in [-0.39, 0.29) is 29.3 Å². The molecule has 0 aliphatic heterocycles. The van der Waals surface area contributed by atoms with Crippen molar-refractivity contribution in [2.45, 2.75) is 38.5 Å². The van der Waals surface area contributed by atoms with Gasteiger partial charge in [0, 0.05) is 0 Å². The van der Waals surface area contributed by atoms with Gasteiger partial charge in [0.25, 0.3) is 0 Å². The summed E-state index contributed by atoms with van der Waals surface area (Å²) in [5, 5.41) is 2.63. The molecule has 1 atom stereocenters. The molecule has 0 amide bonds. The van der Waals surface area contributed by atoms with Crippen LogP contribution in [0.15, 0.2) is 18.2 Å². The predicted octanol–water partition coefficient (Wildman–Crippen LogP) is 4.94. The number of ether oxygens (including phenoxy) is 1. The molecule has 0 aliphatic rings. The largest absolute Gasteiger partial charge is 0.489 e. The van der Waals surface area contributed by atoms with Gasteiger partial charge in [0.2, 0.25) is 0 Å². The zero-order valence-corrected chi connectivity index (χ0v) is 13.5. The quantitative estimate of drug-likeness (QED) is 0.755. The summed E-state index contributed by atoms with van der Waals surface area (Å²) in [6.07, 6.45) is -2.23. The van der Waals surface area contributed by atoms with Crippen molar-refractivity contribution >= 4 is 24.0 Å². The van der Waals surface area contributed by atoms with Crippen molar-refractivity contribution in [2.24, 2.45) is 0 Å². The zero-order chi connectivity index (χ0) is 15.2. The van der Waals surface area contributed by atoms with Gasteiger partial charge in [-0.05, 0) is 38.6 Å². The highest BCUT2D eigenvalue weighted by molar-refractivity contribution is 6.32. The van der Waals surface area contributed by atoms with Crippen LogP contribution in [0.2, 0.25) is 5.02 Å². The first-order valence-electron chi connectivity index (χ1n) is 6.57. The fourth-order valence-electron chi connectivity index (χ4n) is 1.89. The van der Waals surface area contributed by atoms with E-state index in [0.717, 1.165) is 31.9 Å². The van der Waals surface area contributed by atoms with Crippen LogP contribution in [0.3, 0.4) is 0 Å². The Morgan fingerprint density at radius 2 is 1.95 bits per heavy atom. The number of hydrogen-bond donors (Lipinski definition) is 1. The minimum Gasteiger partial charge on any atom is -0.489 e. The maximum Gasteiger partial charge on any atom is 0.417 e. The number of nitrogens with one attached hydrogen (secondary N) is 1. The third-order valence-corrected chi connectivity index (χ3v) is 3.28. The Labute approximate surface area is 134 Å². The lowest BCUT2D eigenvalue weighted by Gasteiger charge is -2.20. The fourth-order valence-corrected chi connectivity index (χ4v) is 2.17. The van der Waals surface area contributed by atoms with E-state index in [1.54, 1.807) is 0 Å². The van der Waals surface area contributed by atoms with Crippen LogP contribution in [0.1, 0.15) is 31.7 Å². The maximum atomic E-state index is 12.8. The maximum absolute atomic E-state index is 12.8. The Balaban J connectivity index is 0.00000400. The van der Waals surface area contributed by atoms with Crippen LogP contribution in [0.25, 0.3) is 0 Å². The first-order chi connectivity index (χ1) is 9.40. The predicted molar refractivity (Wildman–Crippen MR) is 81.6 cm³/mol. The zero-order valence-electron chi connectivity index (χ0n) is 12.0. The summed E-state index contributed by atoms with van der Waals surface area (Å²) in [5.74, 6) is 0.0936. The van der Waals surface area contributed by atoms with E-state index in [4.69, 9.17) is 16.3 Å². The van der Waals surface area contributed by atoms with Crippen molar-refractivity contribution in [3.63, 3.8) is 0 Å². The molecule has 0 aromatic heterocycles. The Hall–Kier alpha value is -0.650. The summed E-state index contributed by atoms with van der Waals surface area (Å²) in [6, 6.07) is 3.74. The molecule has 0 spiro atoms. The molecule has 0 radical (unpaired) electrons. The highest BCUT2D eigenvalue weighted by Gasteiger charge is 2.34. The van der Waals surface area contributed by atoms with E-state index in [9.17, 15) is 13.2 Å². The Morgan fingerprint density at radius 3 is 2.48 bits per heavy atom. The molecule has 0 saturated carbocycles. The Kier molecular flexibility index (Phi) is 9.09. The van der Waals surface area contributed by atoms with Crippen molar-refractivity contribution in [3.05, 3.63) is 28.8 Å². The molecular formula is C14H20Cl2F3NO. The fraction of sp³-hybridized carbons (Fsp3) is 0.571. The first-order valence-corrected chi connectivity index (χ1v) is 6.94. The average molecular weight is 346 g/mol. The molecule has 0 fully saturated rings. The van der Waals surface area contributed by atoms with Gasteiger partial charge in [-0.2, -0.15) is 13.2 Å². The monoisotopic (exact) mass is 345 g/mol. The molecule has 1 aromatic carbocycles. The van der Waals surface area contributed by atoms with Gasteiger partial charge in [-0.15, -0.1) is 12.4 Å². The van der Waals surface area contributed by atoms with Gasteiger partial charge < -0.3 is 10.1 Å². The second kappa shape index (κ2) is 9.38. The lowest BCUT2D eigenvalue weighted by Crippen LogP contribution is -2.22. The normalized spacial score (nSPS) is 12.7. The highest BCUT2D eigenvalue weighted by atomic mass is 35.5. The van der Waals surface area contributed by atoms with Crippen LogP contribution < -0.4 is 10.1 Å². The second-order valence-electron chi connectivity index (χ2n) is 4.54. The molecule has 0 heterocycles. The Morgan fingerprint density at radius 1 is 1.29 bits per heavy atom. The number of halogens is 5. The molecule has 2 nitrogen and oxygen atoms in total. The molecule has 1 rings (SSSR count). The van der Waals surface area contributed by atoms with Crippen molar-refractivity contribution in [1.29, 1.82) is 0 Å². The number of alkyl halides is 3. The van der Waals surface area contributed by atoms with E-state index in [0.29, 0.717) is 0 Å². The number of benzene rings is 1. The third kappa shape index (κ3) is 6.32. The average Bonchev–Trinajstić information content (AvgIpc) is 2.37. The molecule has 7 heteroatoms. The number of rotatable bonds is 7. The summed E-state index contributed by atoms with van der Waals surface area (Å²) in [5.41, 5.74) is -0.861. The van der Waals surface area contributed by atoms with Gasteiger partial charge in [0.15, 0.2) is 0 Å². The van der Waals surface area contributed by atoms with Crippen molar-refractivity contribution < 1.29 is 17.9 Å². The summed E-state index contributed by atoms with van der Waals surface area (Å²) in [4.78, 5) is 0. The van der Waals surface area contributed by atoms with Crippen LogP contribution >= 0.6 is 24.0 Å². The SMILES string of the molecule is CCCC(CCNC)Oc1cccc(C(F)(F)F)c1Cl.Cl. The lowest BCUT2D eigenvalue weighted by atomic mass is 10.1.